The van der Waals surface area contributed by atoms with Gasteiger partial charge in [0.05, 0.1) is 12.2 Å². The van der Waals surface area contributed by atoms with E-state index in [0.29, 0.717) is 25.2 Å². The summed E-state index contributed by atoms with van der Waals surface area (Å²) in [5.74, 6) is -6.09. The minimum atomic E-state index is -2.54. The van der Waals surface area contributed by atoms with E-state index in [1.54, 1.807) is 6.07 Å². The predicted molar refractivity (Wildman–Crippen MR) is 110 cm³/mol. The van der Waals surface area contributed by atoms with Crippen LogP contribution in [0.1, 0.15) is 41.9 Å². The minimum absolute atomic E-state index is 0.0938. The topological polar surface area (TPSA) is 167 Å². The van der Waals surface area contributed by atoms with Gasteiger partial charge in [0.2, 0.25) is 5.78 Å². The molecule has 4 atom stereocenters. The number of hydrogen-bond acceptors (Lipinski definition) is 8. The standard InChI is InChI=1S/C23H23NO8/c24-22(30)18-15(26)7-11-5-10-6-13-12(9-3-4-32-8-9)1-2-14(25)17(13)19(27)16(10)20(28)23(11,31)21(18)29/h1-2,9-11,25,27,29,31H,3-8H2,(H2,24,30). The van der Waals surface area contributed by atoms with Crippen LogP contribution in [-0.4, -0.2) is 56.7 Å². The first kappa shape index (κ1) is 20.7. The van der Waals surface area contributed by atoms with Gasteiger partial charge in [-0.25, -0.2) is 0 Å². The molecule has 1 heterocycles. The number of nitrogens with two attached hydrogens (primary N) is 1. The number of benzene rings is 1. The molecule has 0 bridgehead atoms. The van der Waals surface area contributed by atoms with Gasteiger partial charge in [-0.1, -0.05) is 6.07 Å². The van der Waals surface area contributed by atoms with Gasteiger partial charge in [0, 0.05) is 30.4 Å². The molecule has 1 saturated carbocycles. The summed E-state index contributed by atoms with van der Waals surface area (Å²) in [5, 5.41) is 43.4. The summed E-state index contributed by atoms with van der Waals surface area (Å²) in [6, 6.07) is 3.25. The van der Waals surface area contributed by atoms with Gasteiger partial charge in [-0.2, -0.15) is 0 Å². The van der Waals surface area contributed by atoms with E-state index in [0.717, 1.165) is 12.0 Å². The quantitative estimate of drug-likeness (QED) is 0.422. The van der Waals surface area contributed by atoms with Gasteiger partial charge in [0.1, 0.15) is 22.8 Å². The Bertz CT molecular complexity index is 1140. The number of Topliss-reactive ketones (excluding diaryl/α,β-unsaturated/α-hetero) is 2. The molecule has 9 heteroatoms. The van der Waals surface area contributed by atoms with Gasteiger partial charge in [0.25, 0.3) is 5.91 Å². The van der Waals surface area contributed by atoms with Gasteiger partial charge >= 0.3 is 0 Å². The fraction of sp³-hybridized carbons (Fsp3) is 0.435. The number of amides is 1. The Kier molecular flexibility index (Phi) is 4.48. The molecule has 6 N–H and O–H groups in total. The highest BCUT2D eigenvalue weighted by atomic mass is 16.5. The summed E-state index contributed by atoms with van der Waals surface area (Å²) >= 11 is 0. The lowest BCUT2D eigenvalue weighted by molar-refractivity contribution is -0.147. The van der Waals surface area contributed by atoms with Crippen molar-refractivity contribution in [1.29, 1.82) is 0 Å². The monoisotopic (exact) mass is 441 g/mol. The molecule has 5 rings (SSSR count). The smallest absolute Gasteiger partial charge is 0.255 e. The van der Waals surface area contributed by atoms with Crippen molar-refractivity contribution < 1.29 is 39.5 Å². The van der Waals surface area contributed by atoms with Crippen molar-refractivity contribution in [2.24, 2.45) is 17.6 Å². The van der Waals surface area contributed by atoms with Crippen LogP contribution in [0.4, 0.5) is 0 Å². The first-order chi connectivity index (χ1) is 15.2. The Labute approximate surface area is 182 Å². The number of aromatic hydroxyl groups is 1. The van der Waals surface area contributed by atoms with Crippen LogP contribution in [0.2, 0.25) is 0 Å². The zero-order chi connectivity index (χ0) is 22.9. The molecule has 0 spiro atoms. The van der Waals surface area contributed by atoms with E-state index < -0.39 is 52.0 Å². The fourth-order valence-corrected chi connectivity index (χ4v) is 5.81. The number of ether oxygens (including phenoxy) is 1. The lowest BCUT2D eigenvalue weighted by Gasteiger charge is -2.46. The summed E-state index contributed by atoms with van der Waals surface area (Å²) in [6.45, 7) is 1.13. The van der Waals surface area contributed by atoms with Gasteiger partial charge in [0.15, 0.2) is 11.4 Å². The molecule has 9 nitrogen and oxygen atoms in total. The van der Waals surface area contributed by atoms with Crippen LogP contribution in [0.5, 0.6) is 5.75 Å². The minimum Gasteiger partial charge on any atom is -0.508 e. The van der Waals surface area contributed by atoms with Crippen molar-refractivity contribution in [3.05, 3.63) is 45.7 Å². The van der Waals surface area contributed by atoms with Crippen molar-refractivity contribution in [1.82, 2.24) is 0 Å². The highest BCUT2D eigenvalue weighted by molar-refractivity contribution is 6.22. The van der Waals surface area contributed by atoms with E-state index in [9.17, 15) is 34.8 Å². The number of primary amides is 1. The predicted octanol–water partition coefficient (Wildman–Crippen LogP) is 0.928. The number of ketones is 2. The van der Waals surface area contributed by atoms with Crippen molar-refractivity contribution >= 4 is 23.2 Å². The number of carbonyl (C=O) groups excluding carboxylic acids is 3. The van der Waals surface area contributed by atoms with E-state index in [-0.39, 0.29) is 35.6 Å². The summed E-state index contributed by atoms with van der Waals surface area (Å²) in [6.07, 6.45) is 0.905. The Morgan fingerprint density at radius 2 is 1.88 bits per heavy atom. The second-order valence-electron chi connectivity index (χ2n) is 8.99. The lowest BCUT2D eigenvalue weighted by Crippen LogP contribution is -2.58. The second-order valence-corrected chi connectivity index (χ2v) is 8.99. The Hall–Kier alpha value is -3.17. The molecule has 1 aromatic carbocycles. The van der Waals surface area contributed by atoms with E-state index in [1.165, 1.54) is 6.07 Å². The van der Waals surface area contributed by atoms with Crippen LogP contribution in [0, 0.1) is 11.8 Å². The molecule has 1 saturated heterocycles. The van der Waals surface area contributed by atoms with Crippen molar-refractivity contribution in [3.8, 4) is 5.75 Å². The number of hydrogen-bond donors (Lipinski definition) is 5. The first-order valence-electron chi connectivity index (χ1n) is 10.6. The normalized spacial score (nSPS) is 32.0. The SMILES string of the molecule is NC(=O)C1=C(O)C2(O)C(=O)C3=C(O)c4c(O)ccc(C5CCOC5)c4CC3CC2CC1=O. The second kappa shape index (κ2) is 6.91. The third kappa shape index (κ3) is 2.61. The van der Waals surface area contributed by atoms with Crippen LogP contribution in [0.25, 0.3) is 5.76 Å². The Balaban J connectivity index is 1.68. The van der Waals surface area contributed by atoms with E-state index in [4.69, 9.17) is 10.5 Å². The molecule has 3 aliphatic carbocycles. The molecule has 1 amide bonds. The van der Waals surface area contributed by atoms with Crippen molar-refractivity contribution in [2.75, 3.05) is 13.2 Å². The van der Waals surface area contributed by atoms with Crippen LogP contribution < -0.4 is 5.73 Å². The molecule has 2 fully saturated rings. The number of phenols is 1. The zero-order valence-electron chi connectivity index (χ0n) is 17.1. The largest absolute Gasteiger partial charge is 0.508 e. The maximum atomic E-state index is 13.4. The maximum Gasteiger partial charge on any atom is 0.255 e. The number of fused-ring (bicyclic) bond motifs is 3. The summed E-state index contributed by atoms with van der Waals surface area (Å²) in [4.78, 5) is 37.5. The van der Waals surface area contributed by atoms with Gasteiger partial charge in [-0.3, -0.25) is 14.4 Å². The van der Waals surface area contributed by atoms with Gasteiger partial charge < -0.3 is 30.9 Å². The third-order valence-electron chi connectivity index (χ3n) is 7.35. The number of aliphatic hydroxyl groups is 3. The van der Waals surface area contributed by atoms with Crippen LogP contribution in [0.15, 0.2) is 29.0 Å². The fourth-order valence-electron chi connectivity index (χ4n) is 5.81. The van der Waals surface area contributed by atoms with Crippen LogP contribution in [-0.2, 0) is 25.5 Å². The summed E-state index contributed by atoms with van der Waals surface area (Å²) in [7, 11) is 0. The average Bonchev–Trinajstić information content (AvgIpc) is 3.25. The maximum absolute atomic E-state index is 13.4. The van der Waals surface area contributed by atoms with Gasteiger partial charge in [-0.05, 0) is 42.4 Å². The molecule has 0 radical (unpaired) electrons. The molecule has 1 aromatic rings. The third-order valence-corrected chi connectivity index (χ3v) is 7.35. The van der Waals surface area contributed by atoms with E-state index >= 15 is 0 Å². The number of rotatable bonds is 2. The van der Waals surface area contributed by atoms with Crippen LogP contribution in [0.3, 0.4) is 0 Å². The highest BCUT2D eigenvalue weighted by Crippen LogP contribution is 2.52. The zero-order valence-corrected chi connectivity index (χ0v) is 17.1. The van der Waals surface area contributed by atoms with Crippen molar-refractivity contribution in [3.63, 3.8) is 0 Å². The molecule has 32 heavy (non-hydrogen) atoms. The molecule has 168 valence electrons. The summed E-state index contributed by atoms with van der Waals surface area (Å²) < 4.78 is 5.49. The Morgan fingerprint density at radius 3 is 2.53 bits per heavy atom. The van der Waals surface area contributed by atoms with E-state index in [1.807, 2.05) is 0 Å². The average molecular weight is 441 g/mol. The highest BCUT2D eigenvalue weighted by Gasteiger charge is 2.60. The molecule has 1 aliphatic heterocycles. The summed E-state index contributed by atoms with van der Waals surface area (Å²) in [5.41, 5.74) is 3.49. The molecule has 4 unspecified atom stereocenters. The molecule has 0 aromatic heterocycles. The first-order valence-corrected chi connectivity index (χ1v) is 10.6. The molecular weight excluding hydrogens is 418 g/mol. The van der Waals surface area contributed by atoms with Crippen molar-refractivity contribution in [2.45, 2.75) is 37.2 Å². The Morgan fingerprint density at radius 1 is 1.12 bits per heavy atom. The van der Waals surface area contributed by atoms with E-state index in [2.05, 4.69) is 0 Å². The number of carbonyl (C=O) groups is 3. The number of aliphatic hydroxyl groups excluding tert-OH is 2. The lowest BCUT2D eigenvalue weighted by atomic mass is 9.59. The van der Waals surface area contributed by atoms with Crippen LogP contribution >= 0.6 is 0 Å². The number of phenolic OH excluding ortho intramolecular Hbond substituents is 1. The molecular formula is C23H23NO8. The van der Waals surface area contributed by atoms with Gasteiger partial charge in [-0.15, -0.1) is 0 Å². The molecule has 4 aliphatic rings.